The molecule has 0 aliphatic carbocycles. The topological polar surface area (TPSA) is 42.3 Å². The Kier molecular flexibility index (Phi) is 6.15. The van der Waals surface area contributed by atoms with Crippen LogP contribution >= 0.6 is 0 Å². The molecule has 5 rings (SSSR count). The van der Waals surface area contributed by atoms with Gasteiger partial charge < -0.3 is 15.2 Å². The number of benzene rings is 4. The second-order valence-electron chi connectivity index (χ2n) is 5.94. The number of nitrogens with one attached hydrogen (secondary N) is 1. The first-order valence-corrected chi connectivity index (χ1v) is 8.63. The molecule has 1 aliphatic rings. The second kappa shape index (κ2) is 8.56. The predicted octanol–water partition coefficient (Wildman–Crippen LogP) is 5.90. The summed E-state index contributed by atoms with van der Waals surface area (Å²) in [5, 5.41) is 4.69. The van der Waals surface area contributed by atoms with Gasteiger partial charge in [0.15, 0.2) is 5.75 Å². The Balaban J connectivity index is 0.000000680. The van der Waals surface area contributed by atoms with Gasteiger partial charge in [-0.25, -0.2) is 0 Å². The zero-order chi connectivity index (χ0) is 17.9. The molecule has 27 heavy (non-hydrogen) atoms. The van der Waals surface area contributed by atoms with E-state index in [0.717, 1.165) is 33.4 Å². The van der Waals surface area contributed by atoms with Gasteiger partial charge in [0.2, 0.25) is 0 Å². The fourth-order valence-corrected chi connectivity index (χ4v) is 3.47. The summed E-state index contributed by atoms with van der Waals surface area (Å²) >= 11 is 0. The minimum Gasteiger partial charge on any atom is -0.680 e. The molecule has 0 amide bonds. The Morgan fingerprint density at radius 3 is 2.30 bits per heavy atom. The molecule has 0 aromatic heterocycles. The van der Waals surface area contributed by atoms with Crippen LogP contribution in [0.25, 0.3) is 38.4 Å². The second-order valence-corrected chi connectivity index (χ2v) is 5.94. The quantitative estimate of drug-likeness (QED) is 0.291. The van der Waals surface area contributed by atoms with Gasteiger partial charge in [-0.15, -0.1) is 34.5 Å². The van der Waals surface area contributed by atoms with Crippen LogP contribution in [-0.4, -0.2) is 20.3 Å². The zero-order valence-corrected chi connectivity index (χ0v) is 17.9. The van der Waals surface area contributed by atoms with E-state index in [1.54, 1.807) is 0 Å². The molecular weight excluding hydrogens is 506 g/mol. The van der Waals surface area contributed by atoms with Crippen LogP contribution in [0.4, 0.5) is 0 Å². The molecule has 0 saturated heterocycles. The maximum absolute atomic E-state index is 6.02. The van der Waals surface area contributed by atoms with Gasteiger partial charge in [0.25, 0.3) is 0 Å². The van der Waals surface area contributed by atoms with Crippen LogP contribution in [0, 0.1) is 6.07 Å². The van der Waals surface area contributed by atoms with Crippen molar-refractivity contribution in [1.82, 2.24) is 0 Å². The molecule has 134 valence electrons. The van der Waals surface area contributed by atoms with Crippen LogP contribution in [0.2, 0.25) is 0 Å². The third-order valence-electron chi connectivity index (χ3n) is 4.53. The van der Waals surface area contributed by atoms with Gasteiger partial charge in [0, 0.05) is 0 Å². The average molecular weight is 525 g/mol. The maximum atomic E-state index is 6.02. The third-order valence-corrected chi connectivity index (χ3v) is 4.53. The summed E-state index contributed by atoms with van der Waals surface area (Å²) in [5.74, 6) is 1.64. The monoisotopic (exact) mass is 525 g/mol. The SMILES string of the molecule is C[NH-].[W+2].[c-]1ccc2ccccc2c1-c1c2c(cc3ccccc13)OCCO2. The number of rotatable bonds is 1. The molecule has 3 nitrogen and oxygen atoms in total. The first-order chi connectivity index (χ1) is 12.9. The number of fused-ring (bicyclic) bond motifs is 3. The van der Waals surface area contributed by atoms with Crippen LogP contribution < -0.4 is 9.47 Å². The van der Waals surface area contributed by atoms with Crippen molar-refractivity contribution in [3.63, 3.8) is 0 Å². The molecular formula is C23H19NO2W. The van der Waals surface area contributed by atoms with E-state index < -0.39 is 0 Å². The van der Waals surface area contributed by atoms with Gasteiger partial charge in [-0.2, -0.15) is 7.05 Å². The van der Waals surface area contributed by atoms with Crippen LogP contribution in [0.15, 0.2) is 66.7 Å². The van der Waals surface area contributed by atoms with Crippen LogP contribution in [0.5, 0.6) is 11.5 Å². The molecule has 1 N–H and O–H groups in total. The van der Waals surface area contributed by atoms with Crippen molar-refractivity contribution in [2.24, 2.45) is 0 Å². The van der Waals surface area contributed by atoms with Gasteiger partial charge >= 0.3 is 21.1 Å². The van der Waals surface area contributed by atoms with E-state index in [1.807, 2.05) is 6.07 Å². The largest absolute Gasteiger partial charge is 2.00 e. The van der Waals surface area contributed by atoms with Crippen molar-refractivity contribution >= 4 is 21.5 Å². The summed E-state index contributed by atoms with van der Waals surface area (Å²) in [6.07, 6.45) is 0. The number of hydrogen-bond donors (Lipinski definition) is 0. The summed E-state index contributed by atoms with van der Waals surface area (Å²) in [4.78, 5) is 0. The number of ether oxygens (including phenoxy) is 2. The third kappa shape index (κ3) is 3.45. The van der Waals surface area contributed by atoms with Gasteiger partial charge in [-0.1, -0.05) is 48.5 Å². The van der Waals surface area contributed by atoms with E-state index in [2.05, 4.69) is 66.7 Å². The Morgan fingerprint density at radius 1 is 0.815 bits per heavy atom. The minimum absolute atomic E-state index is 0. The van der Waals surface area contributed by atoms with E-state index in [9.17, 15) is 0 Å². The Morgan fingerprint density at radius 2 is 1.48 bits per heavy atom. The predicted molar refractivity (Wildman–Crippen MR) is 107 cm³/mol. The molecule has 1 aliphatic heterocycles. The molecule has 1 heterocycles. The number of hydrogen-bond acceptors (Lipinski definition) is 2. The van der Waals surface area contributed by atoms with E-state index in [4.69, 9.17) is 15.2 Å². The molecule has 0 radical (unpaired) electrons. The van der Waals surface area contributed by atoms with Crippen molar-refractivity contribution in [3.8, 4) is 22.6 Å². The van der Waals surface area contributed by atoms with Crippen LogP contribution in [0.1, 0.15) is 0 Å². The fourth-order valence-electron chi connectivity index (χ4n) is 3.47. The molecule has 4 aromatic rings. The summed E-state index contributed by atoms with van der Waals surface area (Å²) in [6, 6.07) is 26.3. The molecule has 0 spiro atoms. The van der Waals surface area contributed by atoms with Crippen molar-refractivity contribution in [1.29, 1.82) is 0 Å². The molecule has 0 fully saturated rings. The average Bonchev–Trinajstić information content (AvgIpc) is 2.73. The van der Waals surface area contributed by atoms with E-state index in [1.165, 1.54) is 17.8 Å². The van der Waals surface area contributed by atoms with Crippen LogP contribution in [-0.2, 0) is 21.1 Å². The standard InChI is InChI=1S/C22H15O2.CH4N.W/c1-3-9-17-15(6-1)8-5-11-19(17)21-18-10-4-2-7-16(18)14-20-22(21)24-13-12-23-20;1-2;/h1-10,14H,12-13H2;2H,1H3;/q2*-1;+2. The van der Waals surface area contributed by atoms with Crippen molar-refractivity contribution in [2.45, 2.75) is 0 Å². The van der Waals surface area contributed by atoms with Crippen molar-refractivity contribution in [3.05, 3.63) is 78.5 Å². The summed E-state index contributed by atoms with van der Waals surface area (Å²) in [6.45, 7) is 1.16. The molecule has 0 unspecified atom stereocenters. The fraction of sp³-hybridized carbons (Fsp3) is 0.130. The van der Waals surface area contributed by atoms with Gasteiger partial charge in [-0.05, 0) is 22.4 Å². The van der Waals surface area contributed by atoms with Gasteiger partial charge in [-0.3, -0.25) is 0 Å². The minimum atomic E-state index is 0. The Bertz CT molecular complexity index is 1070. The van der Waals surface area contributed by atoms with Crippen LogP contribution in [0.3, 0.4) is 0 Å². The van der Waals surface area contributed by atoms with Gasteiger partial charge in [0.05, 0.1) is 0 Å². The smallest absolute Gasteiger partial charge is 0.680 e. The van der Waals surface area contributed by atoms with E-state index in [-0.39, 0.29) is 21.1 Å². The first kappa shape index (κ1) is 19.4. The van der Waals surface area contributed by atoms with Gasteiger partial charge in [0.1, 0.15) is 19.0 Å². The normalized spacial score (nSPS) is 12.1. The Hall–Kier alpha value is -2.35. The summed E-state index contributed by atoms with van der Waals surface area (Å²) < 4.78 is 11.9. The molecule has 4 aromatic carbocycles. The molecule has 0 saturated carbocycles. The first-order valence-electron chi connectivity index (χ1n) is 8.63. The Labute approximate surface area is 173 Å². The molecule has 0 atom stereocenters. The summed E-state index contributed by atoms with van der Waals surface area (Å²) in [5.41, 5.74) is 7.88. The van der Waals surface area contributed by atoms with Crippen molar-refractivity contribution in [2.75, 3.05) is 20.3 Å². The van der Waals surface area contributed by atoms with E-state index >= 15 is 0 Å². The zero-order valence-electron chi connectivity index (χ0n) is 15.0. The summed E-state index contributed by atoms with van der Waals surface area (Å²) in [7, 11) is 1.25. The maximum Gasteiger partial charge on any atom is 2.00 e. The van der Waals surface area contributed by atoms with E-state index in [0.29, 0.717) is 13.2 Å². The molecule has 4 heteroatoms. The van der Waals surface area contributed by atoms with Crippen molar-refractivity contribution < 1.29 is 30.5 Å². The molecule has 0 bridgehead atoms.